The minimum atomic E-state index is -0.943. The SMILES string of the molecule is CCCCOc1c(Cl)cc(CN2CC(C(=O)O)CC2=O)cc1OC. The molecule has 0 saturated carbocycles. The second kappa shape index (κ2) is 8.24. The van der Waals surface area contributed by atoms with Gasteiger partial charge in [-0.05, 0) is 24.1 Å². The summed E-state index contributed by atoms with van der Waals surface area (Å²) in [5.41, 5.74) is 0.777. The van der Waals surface area contributed by atoms with Crippen molar-refractivity contribution in [2.45, 2.75) is 32.7 Å². The molecule has 0 radical (unpaired) electrons. The summed E-state index contributed by atoms with van der Waals surface area (Å²) in [6.07, 6.45) is 1.97. The number of benzene rings is 1. The van der Waals surface area contributed by atoms with Crippen molar-refractivity contribution < 1.29 is 24.2 Å². The van der Waals surface area contributed by atoms with Crippen LogP contribution in [0.3, 0.4) is 0 Å². The molecule has 6 nitrogen and oxygen atoms in total. The van der Waals surface area contributed by atoms with Crippen LogP contribution >= 0.6 is 11.6 Å². The predicted molar refractivity (Wildman–Crippen MR) is 89.6 cm³/mol. The summed E-state index contributed by atoms with van der Waals surface area (Å²) >= 11 is 6.29. The fraction of sp³-hybridized carbons (Fsp3) is 0.529. The largest absolute Gasteiger partial charge is 0.493 e. The Kier molecular flexibility index (Phi) is 6.31. The molecule has 1 aliphatic heterocycles. The zero-order valence-electron chi connectivity index (χ0n) is 13.9. The Labute approximate surface area is 146 Å². The highest BCUT2D eigenvalue weighted by Gasteiger charge is 2.34. The molecule has 1 aliphatic rings. The highest BCUT2D eigenvalue weighted by atomic mass is 35.5. The number of carboxylic acid groups (broad SMARTS) is 1. The van der Waals surface area contributed by atoms with Crippen LogP contribution in [-0.2, 0) is 16.1 Å². The molecule has 1 unspecified atom stereocenters. The average Bonchev–Trinajstić information content (AvgIpc) is 2.90. The highest BCUT2D eigenvalue weighted by Crippen LogP contribution is 2.37. The van der Waals surface area contributed by atoms with Gasteiger partial charge in [0, 0.05) is 19.5 Å². The quantitative estimate of drug-likeness (QED) is 0.725. The fourth-order valence-corrected chi connectivity index (χ4v) is 2.92. The number of carbonyl (C=O) groups is 2. The van der Waals surface area contributed by atoms with E-state index in [0.717, 1.165) is 18.4 Å². The van der Waals surface area contributed by atoms with Gasteiger partial charge >= 0.3 is 5.97 Å². The van der Waals surface area contributed by atoms with Crippen molar-refractivity contribution in [3.63, 3.8) is 0 Å². The molecule has 2 rings (SSSR count). The van der Waals surface area contributed by atoms with E-state index < -0.39 is 11.9 Å². The number of unbranched alkanes of at least 4 members (excludes halogenated alkanes) is 1. The Hall–Kier alpha value is -1.95. The maximum atomic E-state index is 11.9. The van der Waals surface area contributed by atoms with Gasteiger partial charge < -0.3 is 19.5 Å². The van der Waals surface area contributed by atoms with Crippen LogP contribution in [0, 0.1) is 5.92 Å². The van der Waals surface area contributed by atoms with Crippen LogP contribution in [0.15, 0.2) is 12.1 Å². The molecular weight excluding hydrogens is 334 g/mol. The summed E-state index contributed by atoms with van der Waals surface area (Å²) in [5, 5.41) is 9.46. The van der Waals surface area contributed by atoms with Crippen molar-refractivity contribution in [1.29, 1.82) is 0 Å². The molecule has 132 valence electrons. The lowest BCUT2D eigenvalue weighted by Crippen LogP contribution is -2.25. The highest BCUT2D eigenvalue weighted by molar-refractivity contribution is 6.32. The molecule has 24 heavy (non-hydrogen) atoms. The third-order valence-electron chi connectivity index (χ3n) is 3.97. The monoisotopic (exact) mass is 355 g/mol. The molecule has 1 amide bonds. The fourth-order valence-electron chi connectivity index (χ4n) is 2.63. The van der Waals surface area contributed by atoms with Crippen LogP contribution < -0.4 is 9.47 Å². The molecule has 1 fully saturated rings. The van der Waals surface area contributed by atoms with Crippen LogP contribution in [0.5, 0.6) is 11.5 Å². The molecule has 0 aromatic heterocycles. The number of carboxylic acids is 1. The van der Waals surface area contributed by atoms with E-state index in [4.69, 9.17) is 26.2 Å². The molecule has 1 saturated heterocycles. The van der Waals surface area contributed by atoms with Crippen molar-refractivity contribution >= 4 is 23.5 Å². The third-order valence-corrected chi connectivity index (χ3v) is 4.25. The molecule has 1 aromatic carbocycles. The van der Waals surface area contributed by atoms with E-state index in [1.807, 2.05) is 0 Å². The third kappa shape index (κ3) is 4.32. The number of nitrogens with zero attached hydrogens (tertiary/aromatic N) is 1. The van der Waals surface area contributed by atoms with Crippen molar-refractivity contribution in [3.8, 4) is 11.5 Å². The summed E-state index contributed by atoms with van der Waals surface area (Å²) in [5.74, 6) is -0.754. The molecule has 0 spiro atoms. The molecule has 1 N–H and O–H groups in total. The molecule has 0 aliphatic carbocycles. The van der Waals surface area contributed by atoms with Gasteiger partial charge in [0.2, 0.25) is 5.91 Å². The maximum absolute atomic E-state index is 11.9. The number of carbonyl (C=O) groups excluding carboxylic acids is 1. The van der Waals surface area contributed by atoms with Crippen LogP contribution in [0.25, 0.3) is 0 Å². The molecular formula is C17H22ClNO5. The molecule has 1 heterocycles. The van der Waals surface area contributed by atoms with Gasteiger partial charge in [-0.2, -0.15) is 0 Å². The standard InChI is InChI=1S/C17H22ClNO5/c1-3-4-5-24-16-13(18)6-11(7-14(16)23-2)9-19-10-12(17(21)22)8-15(19)20/h6-7,12H,3-5,8-10H2,1-2H3,(H,21,22). The number of rotatable bonds is 8. The van der Waals surface area contributed by atoms with Crippen molar-refractivity contribution in [3.05, 3.63) is 22.7 Å². The Morgan fingerprint density at radius 2 is 2.21 bits per heavy atom. The van der Waals surface area contributed by atoms with Gasteiger partial charge in [0.15, 0.2) is 11.5 Å². The Bertz CT molecular complexity index is 619. The minimum Gasteiger partial charge on any atom is -0.493 e. The Morgan fingerprint density at radius 3 is 2.79 bits per heavy atom. The molecule has 0 bridgehead atoms. The van der Waals surface area contributed by atoms with E-state index in [2.05, 4.69) is 6.92 Å². The van der Waals surface area contributed by atoms with Gasteiger partial charge in [-0.15, -0.1) is 0 Å². The Morgan fingerprint density at radius 1 is 1.46 bits per heavy atom. The van der Waals surface area contributed by atoms with Crippen molar-refractivity contribution in [1.82, 2.24) is 4.90 Å². The second-order valence-electron chi connectivity index (χ2n) is 5.82. The van der Waals surface area contributed by atoms with Gasteiger partial charge in [-0.1, -0.05) is 24.9 Å². The average molecular weight is 356 g/mol. The van der Waals surface area contributed by atoms with Crippen LogP contribution in [0.2, 0.25) is 5.02 Å². The number of aliphatic carboxylic acids is 1. The van der Waals surface area contributed by atoms with E-state index in [9.17, 15) is 9.59 Å². The lowest BCUT2D eigenvalue weighted by Gasteiger charge is -2.18. The first-order chi connectivity index (χ1) is 11.5. The summed E-state index contributed by atoms with van der Waals surface area (Å²) in [6.45, 7) is 3.14. The number of hydrogen-bond donors (Lipinski definition) is 1. The second-order valence-corrected chi connectivity index (χ2v) is 6.23. The first-order valence-electron chi connectivity index (χ1n) is 7.96. The van der Waals surface area contributed by atoms with E-state index >= 15 is 0 Å². The lowest BCUT2D eigenvalue weighted by atomic mass is 10.1. The Balaban J connectivity index is 2.12. The van der Waals surface area contributed by atoms with Gasteiger partial charge in [0.1, 0.15) is 0 Å². The van der Waals surface area contributed by atoms with E-state index in [1.165, 1.54) is 12.0 Å². The topological polar surface area (TPSA) is 76.1 Å². The van der Waals surface area contributed by atoms with Gasteiger partial charge in [0.25, 0.3) is 0 Å². The summed E-state index contributed by atoms with van der Waals surface area (Å²) in [6, 6.07) is 3.50. The van der Waals surface area contributed by atoms with Gasteiger partial charge in [-0.3, -0.25) is 9.59 Å². The number of halogens is 1. The number of methoxy groups -OCH3 is 1. The van der Waals surface area contributed by atoms with Crippen LogP contribution in [-0.4, -0.2) is 42.1 Å². The minimum absolute atomic E-state index is 0.0401. The predicted octanol–water partition coefficient (Wildman–Crippen LogP) is 2.96. The number of likely N-dealkylation sites (tertiary alicyclic amines) is 1. The summed E-state index contributed by atoms with van der Waals surface area (Å²) in [7, 11) is 1.53. The van der Waals surface area contributed by atoms with Gasteiger partial charge in [0.05, 0.1) is 24.7 Å². The summed E-state index contributed by atoms with van der Waals surface area (Å²) in [4.78, 5) is 24.5. The van der Waals surface area contributed by atoms with E-state index in [-0.39, 0.29) is 18.9 Å². The first-order valence-corrected chi connectivity index (χ1v) is 8.33. The summed E-state index contributed by atoms with van der Waals surface area (Å²) < 4.78 is 11.0. The number of amides is 1. The van der Waals surface area contributed by atoms with Crippen molar-refractivity contribution in [2.24, 2.45) is 5.92 Å². The molecule has 1 atom stereocenters. The first kappa shape index (κ1) is 18.4. The van der Waals surface area contributed by atoms with E-state index in [0.29, 0.717) is 29.7 Å². The van der Waals surface area contributed by atoms with E-state index in [1.54, 1.807) is 12.1 Å². The zero-order chi connectivity index (χ0) is 17.7. The molecule has 7 heteroatoms. The maximum Gasteiger partial charge on any atom is 0.308 e. The smallest absolute Gasteiger partial charge is 0.308 e. The lowest BCUT2D eigenvalue weighted by molar-refractivity contribution is -0.141. The number of hydrogen-bond acceptors (Lipinski definition) is 4. The zero-order valence-corrected chi connectivity index (χ0v) is 14.6. The van der Waals surface area contributed by atoms with Crippen LogP contribution in [0.1, 0.15) is 31.7 Å². The van der Waals surface area contributed by atoms with Crippen LogP contribution in [0.4, 0.5) is 0 Å². The number of ether oxygens (including phenoxy) is 2. The van der Waals surface area contributed by atoms with Crippen molar-refractivity contribution in [2.75, 3.05) is 20.3 Å². The molecule has 1 aromatic rings. The van der Waals surface area contributed by atoms with Gasteiger partial charge in [-0.25, -0.2) is 0 Å². The normalized spacial score (nSPS) is 17.2.